The summed E-state index contributed by atoms with van der Waals surface area (Å²) in [6, 6.07) is 7.41. The van der Waals surface area contributed by atoms with E-state index in [0.29, 0.717) is 45.4 Å². The average molecular weight is 521 g/mol. The molecular weight excluding hydrogens is 492 g/mol. The second-order valence-electron chi connectivity index (χ2n) is 8.98. The second-order valence-corrected chi connectivity index (χ2v) is 8.98. The van der Waals surface area contributed by atoms with Gasteiger partial charge in [0, 0.05) is 25.2 Å². The Hall–Kier alpha value is -3.65. The van der Waals surface area contributed by atoms with Crippen LogP contribution in [-0.4, -0.2) is 62.1 Å². The molecule has 2 amide bonds. The third-order valence-electron chi connectivity index (χ3n) is 6.74. The summed E-state index contributed by atoms with van der Waals surface area (Å²) in [5.74, 6) is -3.51. The van der Waals surface area contributed by atoms with Crippen molar-refractivity contribution in [2.24, 2.45) is 0 Å². The molecular formula is C26H28F4N4O3. The topological polar surface area (TPSA) is 85.7 Å². The van der Waals surface area contributed by atoms with E-state index in [-0.39, 0.29) is 24.2 Å². The first kappa shape index (κ1) is 27.9. The highest BCUT2D eigenvalue weighted by atomic mass is 19.2. The van der Waals surface area contributed by atoms with E-state index in [0.717, 1.165) is 24.3 Å². The number of nitrogens with zero attached hydrogens (tertiary/aromatic N) is 3. The minimum absolute atomic E-state index is 0.209. The number of nitrogens with one attached hydrogen (secondary N) is 1. The molecule has 198 valence electrons. The lowest BCUT2D eigenvalue weighted by Gasteiger charge is -2.37. The van der Waals surface area contributed by atoms with Gasteiger partial charge < -0.3 is 19.9 Å². The van der Waals surface area contributed by atoms with Gasteiger partial charge in [-0.1, -0.05) is 12.1 Å². The molecule has 0 saturated carbocycles. The predicted octanol–water partition coefficient (Wildman–Crippen LogP) is 4.05. The Morgan fingerprint density at radius 1 is 1.16 bits per heavy atom. The minimum atomic E-state index is -1.08. The van der Waals surface area contributed by atoms with Crippen LogP contribution in [0, 0.1) is 34.6 Å². The molecule has 1 heterocycles. The number of likely N-dealkylation sites (N-methyl/N-ethyl adjacent to an activating group) is 1. The molecule has 0 aromatic heterocycles. The van der Waals surface area contributed by atoms with E-state index in [4.69, 9.17) is 4.74 Å². The molecule has 1 aliphatic rings. The van der Waals surface area contributed by atoms with Gasteiger partial charge in [0.25, 0.3) is 6.47 Å². The zero-order valence-corrected chi connectivity index (χ0v) is 20.4. The number of nitriles is 1. The predicted molar refractivity (Wildman–Crippen MR) is 126 cm³/mol. The van der Waals surface area contributed by atoms with Gasteiger partial charge in [-0.3, -0.25) is 4.79 Å². The fourth-order valence-electron chi connectivity index (χ4n) is 4.52. The maximum Gasteiger partial charge on any atom is 0.317 e. The van der Waals surface area contributed by atoms with E-state index in [1.54, 1.807) is 0 Å². The van der Waals surface area contributed by atoms with Crippen LogP contribution in [-0.2, 0) is 14.9 Å². The Kier molecular flexibility index (Phi) is 9.47. The van der Waals surface area contributed by atoms with E-state index in [1.165, 1.54) is 24.1 Å². The fraction of sp³-hybridized carbons (Fsp3) is 0.423. The van der Waals surface area contributed by atoms with Crippen LogP contribution < -0.4 is 5.32 Å². The van der Waals surface area contributed by atoms with Gasteiger partial charge >= 0.3 is 6.03 Å². The highest BCUT2D eigenvalue weighted by Gasteiger charge is 2.38. The van der Waals surface area contributed by atoms with Gasteiger partial charge in [0.15, 0.2) is 11.6 Å². The number of amides is 2. The van der Waals surface area contributed by atoms with Gasteiger partial charge in [-0.15, -0.1) is 0 Å². The molecule has 2 aromatic rings. The fourth-order valence-corrected chi connectivity index (χ4v) is 4.52. The zero-order valence-electron chi connectivity index (χ0n) is 20.4. The Balaban J connectivity index is 1.49. The molecule has 1 aliphatic heterocycles. The lowest BCUT2D eigenvalue weighted by Crippen LogP contribution is -2.44. The van der Waals surface area contributed by atoms with Crippen LogP contribution >= 0.6 is 0 Å². The first-order chi connectivity index (χ1) is 17.7. The molecule has 1 saturated heterocycles. The number of ether oxygens (including phenoxy) is 1. The van der Waals surface area contributed by atoms with E-state index in [1.807, 2.05) is 0 Å². The van der Waals surface area contributed by atoms with Crippen molar-refractivity contribution in [2.45, 2.75) is 30.7 Å². The number of rotatable bonds is 10. The standard InChI is InChI=1S/C26H28F4N4O3/c1-33(24(15-37-17-35)18-3-6-21(28)23(30)13-18)25(36)32-9-2-10-34-11-7-26(16-31,8-12-34)20-5-4-19(27)14-22(20)29/h3-6,13-14,17,24H,2,7-12,15H2,1H3,(H,32,36). The third-order valence-corrected chi connectivity index (χ3v) is 6.74. The van der Waals surface area contributed by atoms with Crippen LogP contribution in [0.15, 0.2) is 36.4 Å². The number of urea groups is 1. The number of carbonyl (C=O) groups excluding carboxylic acids is 2. The molecule has 2 aromatic carbocycles. The maximum absolute atomic E-state index is 14.3. The minimum Gasteiger partial charge on any atom is -0.465 e. The highest BCUT2D eigenvalue weighted by molar-refractivity contribution is 5.74. The third kappa shape index (κ3) is 6.77. The van der Waals surface area contributed by atoms with Crippen LogP contribution in [0.4, 0.5) is 22.4 Å². The van der Waals surface area contributed by atoms with Crippen molar-refractivity contribution in [3.05, 3.63) is 70.8 Å². The molecule has 1 atom stereocenters. The largest absolute Gasteiger partial charge is 0.465 e. The number of likely N-dealkylation sites (tertiary alicyclic amines) is 1. The summed E-state index contributed by atoms with van der Waals surface area (Å²) >= 11 is 0. The zero-order chi connectivity index (χ0) is 27.0. The summed E-state index contributed by atoms with van der Waals surface area (Å²) < 4.78 is 59.4. The number of halogens is 4. The van der Waals surface area contributed by atoms with Crippen LogP contribution in [0.25, 0.3) is 0 Å². The summed E-state index contributed by atoms with van der Waals surface area (Å²) in [5, 5.41) is 12.5. The van der Waals surface area contributed by atoms with E-state index in [2.05, 4.69) is 16.3 Å². The normalized spacial score (nSPS) is 15.9. The molecule has 0 bridgehead atoms. The molecule has 11 heteroatoms. The summed E-state index contributed by atoms with van der Waals surface area (Å²) in [6.07, 6.45) is 1.38. The lowest BCUT2D eigenvalue weighted by molar-refractivity contribution is -0.130. The van der Waals surface area contributed by atoms with E-state index in [9.17, 15) is 32.4 Å². The summed E-state index contributed by atoms with van der Waals surface area (Å²) in [6.45, 7) is 2.00. The van der Waals surface area contributed by atoms with Crippen LogP contribution in [0.2, 0.25) is 0 Å². The van der Waals surface area contributed by atoms with E-state index >= 15 is 0 Å². The summed E-state index contributed by atoms with van der Waals surface area (Å²) in [5.41, 5.74) is -0.533. The van der Waals surface area contributed by atoms with Crippen LogP contribution in [0.1, 0.15) is 36.4 Å². The molecule has 0 aliphatic carbocycles. The SMILES string of the molecule is CN(C(=O)NCCCN1CCC(C#N)(c2ccc(F)cc2F)CC1)C(COC=O)c1ccc(F)c(F)c1. The quantitative estimate of drug-likeness (QED) is 0.290. The van der Waals surface area contributed by atoms with Crippen molar-refractivity contribution in [1.29, 1.82) is 5.26 Å². The van der Waals surface area contributed by atoms with Gasteiger partial charge in [-0.2, -0.15) is 5.26 Å². The molecule has 3 rings (SSSR count). The molecule has 1 N–H and O–H groups in total. The van der Waals surface area contributed by atoms with Crippen molar-refractivity contribution in [3.8, 4) is 6.07 Å². The Labute approximate surface area is 212 Å². The molecule has 0 spiro atoms. The Bertz CT molecular complexity index is 1150. The lowest BCUT2D eigenvalue weighted by atomic mass is 9.73. The second kappa shape index (κ2) is 12.5. The van der Waals surface area contributed by atoms with Crippen molar-refractivity contribution in [2.75, 3.05) is 39.8 Å². The van der Waals surface area contributed by atoms with Crippen molar-refractivity contribution >= 4 is 12.5 Å². The number of carbonyl (C=O) groups is 2. The monoisotopic (exact) mass is 520 g/mol. The Morgan fingerprint density at radius 2 is 1.89 bits per heavy atom. The Morgan fingerprint density at radius 3 is 2.51 bits per heavy atom. The number of hydrogen-bond acceptors (Lipinski definition) is 5. The van der Waals surface area contributed by atoms with Gasteiger partial charge in [0.05, 0.1) is 17.5 Å². The van der Waals surface area contributed by atoms with Crippen LogP contribution in [0.5, 0.6) is 0 Å². The van der Waals surface area contributed by atoms with Gasteiger partial charge in [-0.25, -0.2) is 22.4 Å². The molecule has 7 nitrogen and oxygen atoms in total. The molecule has 37 heavy (non-hydrogen) atoms. The van der Waals surface area contributed by atoms with Crippen molar-refractivity contribution in [3.63, 3.8) is 0 Å². The van der Waals surface area contributed by atoms with E-state index < -0.39 is 40.8 Å². The smallest absolute Gasteiger partial charge is 0.317 e. The first-order valence-electron chi connectivity index (χ1n) is 11.8. The highest BCUT2D eigenvalue weighted by Crippen LogP contribution is 2.36. The summed E-state index contributed by atoms with van der Waals surface area (Å²) in [4.78, 5) is 26.7. The maximum atomic E-state index is 14.3. The van der Waals surface area contributed by atoms with Crippen molar-refractivity contribution < 1.29 is 31.9 Å². The average Bonchev–Trinajstić information content (AvgIpc) is 2.89. The van der Waals surface area contributed by atoms with Gasteiger partial charge in [0.1, 0.15) is 18.2 Å². The van der Waals surface area contributed by atoms with Crippen molar-refractivity contribution in [1.82, 2.24) is 15.1 Å². The van der Waals surface area contributed by atoms with Crippen LogP contribution in [0.3, 0.4) is 0 Å². The molecule has 1 fully saturated rings. The first-order valence-corrected chi connectivity index (χ1v) is 11.8. The number of piperidine rings is 1. The molecule has 0 radical (unpaired) electrons. The summed E-state index contributed by atoms with van der Waals surface area (Å²) in [7, 11) is 1.45. The molecule has 1 unspecified atom stereocenters. The number of benzene rings is 2. The van der Waals surface area contributed by atoms with Gasteiger partial charge in [0.2, 0.25) is 0 Å². The van der Waals surface area contributed by atoms with Gasteiger partial charge in [-0.05, 0) is 62.7 Å². The number of hydrogen-bond donors (Lipinski definition) is 1.